The summed E-state index contributed by atoms with van der Waals surface area (Å²) in [6, 6.07) is 0.173. The van der Waals surface area contributed by atoms with Crippen LogP contribution in [0.3, 0.4) is 0 Å². The molecular formula is C13H21F3N4S. The smallest absolute Gasteiger partial charge is 0.342 e. The lowest BCUT2D eigenvalue weighted by Crippen LogP contribution is -2.49. The van der Waals surface area contributed by atoms with Gasteiger partial charge in [0.15, 0.2) is 0 Å². The molecule has 0 amide bonds. The Bertz CT molecular complexity index is 467. The number of piperidine rings is 1. The van der Waals surface area contributed by atoms with Gasteiger partial charge >= 0.3 is 6.18 Å². The maximum absolute atomic E-state index is 12.6. The molecule has 1 aromatic heterocycles. The minimum absolute atomic E-state index is 0.0125. The number of rotatable bonds is 3. The van der Waals surface area contributed by atoms with Crippen LogP contribution >= 0.6 is 11.3 Å². The highest BCUT2D eigenvalue weighted by atomic mass is 32.1. The van der Waals surface area contributed by atoms with Crippen molar-refractivity contribution in [2.75, 3.05) is 18.0 Å². The predicted octanol–water partition coefficient (Wildman–Crippen LogP) is 3.30. The van der Waals surface area contributed by atoms with Crippen LogP contribution in [0.5, 0.6) is 0 Å². The van der Waals surface area contributed by atoms with E-state index in [1.807, 2.05) is 4.90 Å². The second kappa shape index (κ2) is 6.08. The van der Waals surface area contributed by atoms with Crippen molar-refractivity contribution in [2.24, 2.45) is 0 Å². The first kappa shape index (κ1) is 16.5. The van der Waals surface area contributed by atoms with Gasteiger partial charge < -0.3 is 10.2 Å². The van der Waals surface area contributed by atoms with Gasteiger partial charge in [-0.15, -0.1) is 10.2 Å². The van der Waals surface area contributed by atoms with Crippen LogP contribution in [0.15, 0.2) is 0 Å². The molecule has 8 heteroatoms. The molecule has 0 saturated carbocycles. The summed E-state index contributed by atoms with van der Waals surface area (Å²) in [6.07, 6.45) is -1.38. The van der Waals surface area contributed by atoms with Gasteiger partial charge in [-0.05, 0) is 40.0 Å². The van der Waals surface area contributed by atoms with Crippen LogP contribution < -0.4 is 10.2 Å². The summed E-state index contributed by atoms with van der Waals surface area (Å²) < 4.78 is 37.9. The Morgan fingerprint density at radius 2 is 1.95 bits per heavy atom. The van der Waals surface area contributed by atoms with E-state index in [1.165, 1.54) is 0 Å². The van der Waals surface area contributed by atoms with E-state index in [0.29, 0.717) is 16.5 Å². The van der Waals surface area contributed by atoms with Gasteiger partial charge in [0.25, 0.3) is 0 Å². The van der Waals surface area contributed by atoms with Crippen LogP contribution in [0.25, 0.3) is 0 Å². The summed E-state index contributed by atoms with van der Waals surface area (Å²) in [6.45, 7) is 7.71. The maximum atomic E-state index is 12.6. The second-order valence-corrected chi connectivity index (χ2v) is 7.32. The number of hydrogen-bond acceptors (Lipinski definition) is 5. The molecule has 0 aliphatic carbocycles. The highest BCUT2D eigenvalue weighted by molar-refractivity contribution is 7.15. The Kier molecular flexibility index (Phi) is 4.77. The molecule has 1 aliphatic rings. The molecule has 0 bridgehead atoms. The zero-order valence-electron chi connectivity index (χ0n) is 12.5. The molecular weight excluding hydrogens is 301 g/mol. The molecule has 0 spiro atoms. The average Bonchev–Trinajstić information content (AvgIpc) is 2.85. The molecule has 0 radical (unpaired) electrons. The van der Waals surface area contributed by atoms with Crippen LogP contribution in [-0.2, 0) is 6.18 Å². The summed E-state index contributed by atoms with van der Waals surface area (Å²) in [5.74, 6) is 0. The number of anilines is 1. The SMILES string of the molecule is CC(C)(C)NCC1CCCCN1c1nnc(C(F)(F)F)s1. The number of nitrogens with one attached hydrogen (secondary N) is 1. The average molecular weight is 322 g/mol. The quantitative estimate of drug-likeness (QED) is 0.927. The Morgan fingerprint density at radius 3 is 2.52 bits per heavy atom. The Labute approximate surface area is 126 Å². The highest BCUT2D eigenvalue weighted by Gasteiger charge is 2.37. The normalized spacial score (nSPS) is 20.9. The van der Waals surface area contributed by atoms with Crippen LogP contribution in [0.4, 0.5) is 18.3 Å². The fraction of sp³-hybridized carbons (Fsp3) is 0.846. The molecule has 21 heavy (non-hydrogen) atoms. The second-order valence-electron chi connectivity index (χ2n) is 6.36. The van der Waals surface area contributed by atoms with Crippen molar-refractivity contribution in [1.82, 2.24) is 15.5 Å². The summed E-state index contributed by atoms with van der Waals surface area (Å²) in [4.78, 5) is 1.97. The topological polar surface area (TPSA) is 41.0 Å². The van der Waals surface area contributed by atoms with Gasteiger partial charge in [0.1, 0.15) is 0 Å². The van der Waals surface area contributed by atoms with E-state index in [1.54, 1.807) is 0 Å². The van der Waals surface area contributed by atoms with Crippen molar-refractivity contribution in [3.05, 3.63) is 5.01 Å². The van der Waals surface area contributed by atoms with Gasteiger partial charge in [-0.3, -0.25) is 0 Å². The fourth-order valence-corrected chi connectivity index (χ4v) is 3.14. The van der Waals surface area contributed by atoms with Crippen molar-refractivity contribution in [2.45, 2.75) is 57.8 Å². The number of alkyl halides is 3. The number of hydrogen-bond donors (Lipinski definition) is 1. The number of aromatic nitrogens is 2. The Morgan fingerprint density at radius 1 is 1.24 bits per heavy atom. The summed E-state index contributed by atoms with van der Waals surface area (Å²) >= 11 is 0.634. The van der Waals surface area contributed by atoms with Gasteiger partial charge in [0.05, 0.1) is 0 Å². The van der Waals surface area contributed by atoms with E-state index in [2.05, 4.69) is 36.3 Å². The minimum atomic E-state index is -4.41. The highest BCUT2D eigenvalue weighted by Crippen LogP contribution is 2.36. The number of nitrogens with zero attached hydrogens (tertiary/aromatic N) is 3. The van der Waals surface area contributed by atoms with Crippen molar-refractivity contribution < 1.29 is 13.2 Å². The third-order valence-corrected chi connectivity index (χ3v) is 4.40. The Balaban J connectivity index is 2.09. The molecule has 1 fully saturated rings. The first-order chi connectivity index (χ1) is 9.67. The molecule has 1 atom stereocenters. The molecule has 4 nitrogen and oxygen atoms in total. The monoisotopic (exact) mass is 322 g/mol. The van der Waals surface area contributed by atoms with Gasteiger partial charge in [0, 0.05) is 24.7 Å². The third kappa shape index (κ3) is 4.54. The molecule has 2 heterocycles. The molecule has 0 aromatic carbocycles. The zero-order valence-corrected chi connectivity index (χ0v) is 13.3. The molecule has 1 unspecified atom stereocenters. The van der Waals surface area contributed by atoms with Crippen LogP contribution in [-0.4, -0.2) is 34.9 Å². The lowest BCUT2D eigenvalue weighted by molar-refractivity contribution is -0.138. The van der Waals surface area contributed by atoms with Crippen LogP contribution in [0.1, 0.15) is 45.0 Å². The summed E-state index contributed by atoms with van der Waals surface area (Å²) in [5.41, 5.74) is -0.0125. The first-order valence-electron chi connectivity index (χ1n) is 7.09. The first-order valence-corrected chi connectivity index (χ1v) is 7.91. The lowest BCUT2D eigenvalue weighted by Gasteiger charge is -2.37. The van der Waals surface area contributed by atoms with Crippen LogP contribution in [0.2, 0.25) is 0 Å². The molecule has 1 saturated heterocycles. The maximum Gasteiger partial charge on any atom is 0.445 e. The molecule has 120 valence electrons. The van der Waals surface area contributed by atoms with Gasteiger partial charge in [-0.1, -0.05) is 11.3 Å². The van der Waals surface area contributed by atoms with Gasteiger partial charge in [-0.25, -0.2) is 0 Å². The molecule has 1 aliphatic heterocycles. The largest absolute Gasteiger partial charge is 0.445 e. The third-order valence-electron chi connectivity index (χ3n) is 3.40. The zero-order chi connectivity index (χ0) is 15.7. The number of halogens is 3. The van der Waals surface area contributed by atoms with Crippen molar-refractivity contribution in [1.29, 1.82) is 0 Å². The van der Waals surface area contributed by atoms with E-state index in [0.717, 1.165) is 32.4 Å². The van der Waals surface area contributed by atoms with Gasteiger partial charge in [0.2, 0.25) is 10.1 Å². The van der Waals surface area contributed by atoms with Crippen molar-refractivity contribution in [3.8, 4) is 0 Å². The van der Waals surface area contributed by atoms with Gasteiger partial charge in [-0.2, -0.15) is 13.2 Å². The van der Waals surface area contributed by atoms with E-state index >= 15 is 0 Å². The van der Waals surface area contributed by atoms with E-state index < -0.39 is 11.2 Å². The van der Waals surface area contributed by atoms with E-state index in [-0.39, 0.29) is 11.6 Å². The fourth-order valence-electron chi connectivity index (χ4n) is 2.33. The molecule has 1 aromatic rings. The standard InChI is InChI=1S/C13H21F3N4S/c1-12(2,3)17-8-9-6-4-5-7-20(9)11-19-18-10(21-11)13(14,15)16/h9,17H,4-8H2,1-3H3. The van der Waals surface area contributed by atoms with Crippen LogP contribution in [0, 0.1) is 0 Å². The molecule has 1 N–H and O–H groups in total. The van der Waals surface area contributed by atoms with E-state index in [4.69, 9.17) is 0 Å². The van der Waals surface area contributed by atoms with E-state index in [9.17, 15) is 13.2 Å². The summed E-state index contributed by atoms with van der Waals surface area (Å²) in [7, 11) is 0. The van der Waals surface area contributed by atoms with Crippen molar-refractivity contribution in [3.63, 3.8) is 0 Å². The predicted molar refractivity (Wildman–Crippen MR) is 77.7 cm³/mol. The summed E-state index contributed by atoms with van der Waals surface area (Å²) in [5, 5.41) is 9.96. The van der Waals surface area contributed by atoms with Crippen molar-refractivity contribution >= 4 is 16.5 Å². The lowest BCUT2D eigenvalue weighted by atomic mass is 10.0. The molecule has 2 rings (SSSR count). The Hall–Kier alpha value is -0.890. The minimum Gasteiger partial charge on any atom is -0.342 e.